The zero-order valence-corrected chi connectivity index (χ0v) is 16.8. The van der Waals surface area contributed by atoms with Crippen molar-refractivity contribution in [2.75, 3.05) is 18.1 Å². The van der Waals surface area contributed by atoms with Gasteiger partial charge >= 0.3 is 0 Å². The highest BCUT2D eigenvalue weighted by Crippen LogP contribution is 2.33. The van der Waals surface area contributed by atoms with Crippen LogP contribution in [0.25, 0.3) is 0 Å². The third kappa shape index (κ3) is 3.62. The van der Waals surface area contributed by atoms with Crippen LogP contribution in [0.15, 0.2) is 30.3 Å². The van der Waals surface area contributed by atoms with E-state index in [1.54, 1.807) is 0 Å². The number of ether oxygens (including phenoxy) is 1. The minimum Gasteiger partial charge on any atom is -0.483 e. The van der Waals surface area contributed by atoms with E-state index in [1.165, 1.54) is 16.7 Å². The number of rotatable bonds is 3. The van der Waals surface area contributed by atoms with Crippen LogP contribution in [0.4, 0.5) is 5.69 Å². The summed E-state index contributed by atoms with van der Waals surface area (Å²) in [6.07, 6.45) is 0.910. The standard InChI is InChI=1S/C23H29NO2/c1-15-11-16(2)22(17(3)12-15)26-14-21(25)24-10-9-18-13-19(23(4,5)6)7-8-20(18)24/h7-8,11-13H,9-10,14H2,1-6H3. The average Bonchev–Trinajstić information content (AvgIpc) is 2.96. The van der Waals surface area contributed by atoms with Gasteiger partial charge in [0.05, 0.1) is 0 Å². The maximum absolute atomic E-state index is 12.8. The van der Waals surface area contributed by atoms with Crippen molar-refractivity contribution in [1.82, 2.24) is 0 Å². The van der Waals surface area contributed by atoms with Gasteiger partial charge in [-0.3, -0.25) is 4.79 Å². The number of nitrogens with zero attached hydrogens (tertiary/aromatic N) is 1. The molecule has 1 amide bonds. The van der Waals surface area contributed by atoms with Gasteiger partial charge in [-0.1, -0.05) is 50.6 Å². The van der Waals surface area contributed by atoms with Crippen LogP contribution < -0.4 is 9.64 Å². The van der Waals surface area contributed by atoms with Gasteiger partial charge in [-0.15, -0.1) is 0 Å². The third-order valence-corrected chi connectivity index (χ3v) is 5.09. The molecular formula is C23H29NO2. The van der Waals surface area contributed by atoms with Crippen LogP contribution in [0, 0.1) is 20.8 Å². The molecule has 0 saturated heterocycles. The lowest BCUT2D eigenvalue weighted by atomic mass is 9.86. The first-order chi connectivity index (χ1) is 12.2. The first-order valence-electron chi connectivity index (χ1n) is 9.31. The molecule has 3 rings (SSSR count). The fourth-order valence-electron chi connectivity index (χ4n) is 3.73. The molecule has 1 heterocycles. The van der Waals surface area contributed by atoms with Gasteiger partial charge in [0.2, 0.25) is 0 Å². The lowest BCUT2D eigenvalue weighted by molar-refractivity contribution is -0.120. The van der Waals surface area contributed by atoms with Crippen molar-refractivity contribution in [3.63, 3.8) is 0 Å². The maximum atomic E-state index is 12.8. The molecule has 0 spiro atoms. The summed E-state index contributed by atoms with van der Waals surface area (Å²) in [4.78, 5) is 14.6. The van der Waals surface area contributed by atoms with Crippen molar-refractivity contribution < 1.29 is 9.53 Å². The van der Waals surface area contributed by atoms with E-state index in [0.29, 0.717) is 0 Å². The Morgan fingerprint density at radius 1 is 1.08 bits per heavy atom. The second-order valence-electron chi connectivity index (χ2n) is 8.41. The third-order valence-electron chi connectivity index (χ3n) is 5.09. The summed E-state index contributed by atoms with van der Waals surface area (Å²) in [7, 11) is 0. The number of hydrogen-bond acceptors (Lipinski definition) is 2. The number of aryl methyl sites for hydroxylation is 3. The SMILES string of the molecule is Cc1cc(C)c(OCC(=O)N2CCc3cc(C(C)(C)C)ccc32)c(C)c1. The van der Waals surface area contributed by atoms with Crippen molar-refractivity contribution in [2.45, 2.75) is 53.4 Å². The van der Waals surface area contributed by atoms with Gasteiger partial charge in [-0.25, -0.2) is 0 Å². The van der Waals surface area contributed by atoms with Crippen molar-refractivity contribution in [3.05, 3.63) is 58.1 Å². The molecule has 0 saturated carbocycles. The highest BCUT2D eigenvalue weighted by Gasteiger charge is 2.26. The Morgan fingerprint density at radius 3 is 2.35 bits per heavy atom. The lowest BCUT2D eigenvalue weighted by Crippen LogP contribution is -2.33. The largest absolute Gasteiger partial charge is 0.483 e. The van der Waals surface area contributed by atoms with E-state index >= 15 is 0 Å². The molecule has 0 atom stereocenters. The van der Waals surface area contributed by atoms with Crippen molar-refractivity contribution in [2.24, 2.45) is 0 Å². The zero-order valence-electron chi connectivity index (χ0n) is 16.8. The highest BCUT2D eigenvalue weighted by molar-refractivity contribution is 5.96. The Kier molecular flexibility index (Phi) is 4.83. The van der Waals surface area contributed by atoms with Crippen LogP contribution in [0.5, 0.6) is 5.75 Å². The molecule has 26 heavy (non-hydrogen) atoms. The molecule has 3 heteroatoms. The summed E-state index contributed by atoms with van der Waals surface area (Å²) in [5, 5.41) is 0. The Hall–Kier alpha value is -2.29. The topological polar surface area (TPSA) is 29.5 Å². The van der Waals surface area contributed by atoms with Gasteiger partial charge < -0.3 is 9.64 Å². The minimum atomic E-state index is 0.0200. The molecule has 0 radical (unpaired) electrons. The quantitative estimate of drug-likeness (QED) is 0.789. The smallest absolute Gasteiger partial charge is 0.264 e. The average molecular weight is 351 g/mol. The number of anilines is 1. The summed E-state index contributed by atoms with van der Waals surface area (Å²) in [6.45, 7) is 13.6. The molecule has 2 aromatic rings. The van der Waals surface area contributed by atoms with Crippen LogP contribution in [-0.4, -0.2) is 19.1 Å². The lowest BCUT2D eigenvalue weighted by Gasteiger charge is -2.22. The van der Waals surface area contributed by atoms with Crippen LogP contribution in [0.2, 0.25) is 0 Å². The first-order valence-corrected chi connectivity index (χ1v) is 9.31. The van der Waals surface area contributed by atoms with Crippen molar-refractivity contribution in [1.29, 1.82) is 0 Å². The second-order valence-corrected chi connectivity index (χ2v) is 8.41. The fourth-order valence-corrected chi connectivity index (χ4v) is 3.73. The fraction of sp³-hybridized carbons (Fsp3) is 0.435. The molecule has 0 N–H and O–H groups in total. The van der Waals surface area contributed by atoms with Gasteiger partial charge in [0.15, 0.2) is 6.61 Å². The van der Waals surface area contributed by atoms with E-state index in [-0.39, 0.29) is 17.9 Å². The van der Waals surface area contributed by atoms with Gasteiger partial charge in [0, 0.05) is 12.2 Å². The van der Waals surface area contributed by atoms with Crippen molar-refractivity contribution in [3.8, 4) is 5.75 Å². The van der Waals surface area contributed by atoms with Crippen LogP contribution in [0.1, 0.15) is 48.6 Å². The molecule has 0 aliphatic carbocycles. The minimum absolute atomic E-state index is 0.0200. The van der Waals surface area contributed by atoms with Gasteiger partial charge in [-0.2, -0.15) is 0 Å². The number of amides is 1. The van der Waals surface area contributed by atoms with E-state index in [2.05, 4.69) is 58.0 Å². The number of hydrogen-bond donors (Lipinski definition) is 0. The molecule has 0 unspecified atom stereocenters. The summed E-state index contributed by atoms with van der Waals surface area (Å²) in [6, 6.07) is 10.7. The number of benzene rings is 2. The molecule has 0 bridgehead atoms. The van der Waals surface area contributed by atoms with E-state index in [4.69, 9.17) is 4.74 Å². The van der Waals surface area contributed by atoms with E-state index in [1.807, 2.05) is 18.7 Å². The molecule has 1 aliphatic rings. The van der Waals surface area contributed by atoms with Gasteiger partial charge in [0.1, 0.15) is 5.75 Å². The summed E-state index contributed by atoms with van der Waals surface area (Å²) < 4.78 is 5.90. The monoisotopic (exact) mass is 351 g/mol. The second kappa shape index (κ2) is 6.79. The van der Waals surface area contributed by atoms with E-state index in [0.717, 1.165) is 35.5 Å². The normalized spacial score (nSPS) is 13.7. The molecule has 138 valence electrons. The molecular weight excluding hydrogens is 322 g/mol. The first kappa shape index (κ1) is 18.5. The zero-order chi connectivity index (χ0) is 19.1. The summed E-state index contributed by atoms with van der Waals surface area (Å²) in [5.41, 5.74) is 7.08. The van der Waals surface area contributed by atoms with Gasteiger partial charge in [0.25, 0.3) is 5.91 Å². The molecule has 2 aromatic carbocycles. The predicted molar refractivity (Wildman–Crippen MR) is 107 cm³/mol. The molecule has 3 nitrogen and oxygen atoms in total. The van der Waals surface area contributed by atoms with E-state index < -0.39 is 0 Å². The Labute approximate surface area is 157 Å². The van der Waals surface area contributed by atoms with Gasteiger partial charge in [-0.05, 0) is 60.9 Å². The number of fused-ring (bicyclic) bond motifs is 1. The Morgan fingerprint density at radius 2 is 1.73 bits per heavy atom. The van der Waals surface area contributed by atoms with Crippen molar-refractivity contribution >= 4 is 11.6 Å². The molecule has 0 fully saturated rings. The highest BCUT2D eigenvalue weighted by atomic mass is 16.5. The summed E-state index contributed by atoms with van der Waals surface area (Å²) >= 11 is 0. The van der Waals surface area contributed by atoms with Crippen LogP contribution in [-0.2, 0) is 16.6 Å². The van der Waals surface area contributed by atoms with Crippen LogP contribution >= 0.6 is 0 Å². The predicted octanol–water partition coefficient (Wildman–Crippen LogP) is 4.88. The molecule has 0 aromatic heterocycles. The van der Waals surface area contributed by atoms with Crippen LogP contribution in [0.3, 0.4) is 0 Å². The number of carbonyl (C=O) groups is 1. The Bertz CT molecular complexity index is 823. The Balaban J connectivity index is 1.74. The molecule has 1 aliphatic heterocycles. The summed E-state index contributed by atoms with van der Waals surface area (Å²) in [5.74, 6) is 0.845. The number of carbonyl (C=O) groups excluding carboxylic acids is 1. The maximum Gasteiger partial charge on any atom is 0.264 e. The van der Waals surface area contributed by atoms with E-state index in [9.17, 15) is 4.79 Å².